The fourth-order valence-electron chi connectivity index (χ4n) is 3.55. The van der Waals surface area contributed by atoms with Crippen molar-refractivity contribution in [2.75, 3.05) is 39.3 Å². The molecule has 6 nitrogen and oxygen atoms in total. The van der Waals surface area contributed by atoms with E-state index in [0.717, 1.165) is 30.8 Å². The van der Waals surface area contributed by atoms with Gasteiger partial charge in [0, 0.05) is 45.7 Å². The number of hydrogen-bond donors (Lipinski definition) is 1. The van der Waals surface area contributed by atoms with Crippen LogP contribution in [0, 0.1) is 5.82 Å². The molecule has 1 aliphatic heterocycles. The minimum atomic E-state index is -3.86. The smallest absolute Gasteiger partial charge is 0.243 e. The Morgan fingerprint density at radius 3 is 2.37 bits per heavy atom. The van der Waals surface area contributed by atoms with E-state index in [0.29, 0.717) is 13.1 Å². The number of halogens is 1. The number of carbonyl (C=O) groups is 1. The van der Waals surface area contributed by atoms with Gasteiger partial charge in [0.15, 0.2) is 0 Å². The zero-order valence-electron chi connectivity index (χ0n) is 17.1. The van der Waals surface area contributed by atoms with Gasteiger partial charge in [-0.3, -0.25) is 4.79 Å². The number of hydrogen-bond acceptors (Lipinski definition) is 4. The second kappa shape index (κ2) is 10.1. The number of sulfonamides is 1. The van der Waals surface area contributed by atoms with Crippen LogP contribution in [-0.4, -0.2) is 62.8 Å². The summed E-state index contributed by atoms with van der Waals surface area (Å²) in [6.45, 7) is 5.02. The minimum absolute atomic E-state index is 0.0267. The van der Waals surface area contributed by atoms with Crippen molar-refractivity contribution in [2.24, 2.45) is 0 Å². The average molecular weight is 434 g/mol. The first-order valence-corrected chi connectivity index (χ1v) is 11.6. The Labute approximate surface area is 177 Å². The van der Waals surface area contributed by atoms with E-state index in [1.807, 2.05) is 37.3 Å². The number of nitrogens with one attached hydrogen (secondary N) is 1. The molecule has 0 aromatic heterocycles. The SMILES string of the molecule is C[C@@H](CN(CCC(=O)N1CCNCC1)S(=O)(=O)c1ccc(F)cc1)c1ccccc1. The highest BCUT2D eigenvalue weighted by molar-refractivity contribution is 7.89. The molecule has 8 heteroatoms. The molecule has 0 unspecified atom stereocenters. The molecule has 3 rings (SSSR count). The first-order valence-electron chi connectivity index (χ1n) is 10.2. The molecule has 2 aromatic carbocycles. The normalized spacial score (nSPS) is 15.9. The van der Waals surface area contributed by atoms with E-state index < -0.39 is 15.8 Å². The molecule has 1 saturated heterocycles. The van der Waals surface area contributed by atoms with Crippen molar-refractivity contribution < 1.29 is 17.6 Å². The van der Waals surface area contributed by atoms with Gasteiger partial charge in [-0.2, -0.15) is 4.31 Å². The maximum Gasteiger partial charge on any atom is 0.243 e. The molecule has 1 atom stereocenters. The van der Waals surface area contributed by atoms with Crippen LogP contribution >= 0.6 is 0 Å². The van der Waals surface area contributed by atoms with E-state index in [4.69, 9.17) is 0 Å². The molecule has 1 fully saturated rings. The van der Waals surface area contributed by atoms with Gasteiger partial charge in [0.25, 0.3) is 0 Å². The molecule has 1 aliphatic rings. The number of nitrogens with zero attached hydrogens (tertiary/aromatic N) is 2. The quantitative estimate of drug-likeness (QED) is 0.694. The lowest BCUT2D eigenvalue weighted by molar-refractivity contribution is -0.131. The standard InChI is InChI=1S/C22H28FN3O3S/c1-18(19-5-3-2-4-6-19)17-26(14-11-22(27)25-15-12-24-13-16-25)30(28,29)21-9-7-20(23)8-10-21/h2-10,18,24H,11-17H2,1H3/t18-/m0/s1. The maximum atomic E-state index is 13.3. The monoisotopic (exact) mass is 433 g/mol. The van der Waals surface area contributed by atoms with Gasteiger partial charge in [-0.15, -0.1) is 0 Å². The average Bonchev–Trinajstić information content (AvgIpc) is 2.77. The molecule has 0 saturated carbocycles. The van der Waals surface area contributed by atoms with E-state index in [2.05, 4.69) is 5.32 Å². The summed E-state index contributed by atoms with van der Waals surface area (Å²) < 4.78 is 41.2. The summed E-state index contributed by atoms with van der Waals surface area (Å²) in [7, 11) is -3.86. The number of benzene rings is 2. The fraction of sp³-hybridized carbons (Fsp3) is 0.409. The summed E-state index contributed by atoms with van der Waals surface area (Å²) in [5.41, 5.74) is 1.02. The largest absolute Gasteiger partial charge is 0.340 e. The lowest BCUT2D eigenvalue weighted by Crippen LogP contribution is -2.47. The number of amides is 1. The number of carbonyl (C=O) groups excluding carboxylic acids is 1. The summed E-state index contributed by atoms with van der Waals surface area (Å²) >= 11 is 0. The maximum absolute atomic E-state index is 13.3. The Bertz CT molecular complexity index is 930. The molecule has 1 heterocycles. The molecule has 30 heavy (non-hydrogen) atoms. The molecular weight excluding hydrogens is 405 g/mol. The Kier molecular flexibility index (Phi) is 7.58. The molecule has 2 aromatic rings. The van der Waals surface area contributed by atoms with Crippen molar-refractivity contribution >= 4 is 15.9 Å². The highest BCUT2D eigenvalue weighted by Gasteiger charge is 2.28. The lowest BCUT2D eigenvalue weighted by atomic mass is 10.0. The van der Waals surface area contributed by atoms with Crippen LogP contribution in [0.3, 0.4) is 0 Å². The summed E-state index contributed by atoms with van der Waals surface area (Å²) in [5.74, 6) is -0.606. The Morgan fingerprint density at radius 1 is 1.10 bits per heavy atom. The predicted octanol–water partition coefficient (Wildman–Crippen LogP) is 2.44. The van der Waals surface area contributed by atoms with Crippen LogP contribution in [0.5, 0.6) is 0 Å². The van der Waals surface area contributed by atoms with Crippen LogP contribution in [0.2, 0.25) is 0 Å². The van der Waals surface area contributed by atoms with Gasteiger partial charge in [0.2, 0.25) is 15.9 Å². The lowest BCUT2D eigenvalue weighted by Gasteiger charge is -2.29. The van der Waals surface area contributed by atoms with Gasteiger partial charge in [-0.05, 0) is 35.7 Å². The van der Waals surface area contributed by atoms with Crippen molar-refractivity contribution in [2.45, 2.75) is 24.2 Å². The molecule has 1 N–H and O–H groups in total. The predicted molar refractivity (Wildman–Crippen MR) is 114 cm³/mol. The van der Waals surface area contributed by atoms with Crippen molar-refractivity contribution in [3.05, 3.63) is 66.0 Å². The van der Waals surface area contributed by atoms with Crippen molar-refractivity contribution in [1.82, 2.24) is 14.5 Å². The summed E-state index contributed by atoms with van der Waals surface area (Å²) in [5, 5.41) is 3.20. The van der Waals surface area contributed by atoms with Crippen LogP contribution in [0.1, 0.15) is 24.8 Å². The van der Waals surface area contributed by atoms with Crippen LogP contribution < -0.4 is 5.32 Å². The van der Waals surface area contributed by atoms with Crippen LogP contribution in [0.25, 0.3) is 0 Å². The summed E-state index contributed by atoms with van der Waals surface area (Å²) in [6, 6.07) is 14.5. The van der Waals surface area contributed by atoms with Crippen LogP contribution in [0.4, 0.5) is 4.39 Å². The van der Waals surface area contributed by atoms with Gasteiger partial charge in [-0.1, -0.05) is 37.3 Å². The molecule has 0 aliphatic carbocycles. The zero-order chi connectivity index (χ0) is 21.6. The van der Waals surface area contributed by atoms with Gasteiger partial charge < -0.3 is 10.2 Å². The van der Waals surface area contributed by atoms with Crippen LogP contribution in [0.15, 0.2) is 59.5 Å². The van der Waals surface area contributed by atoms with Crippen molar-refractivity contribution in [1.29, 1.82) is 0 Å². The van der Waals surface area contributed by atoms with E-state index in [-0.39, 0.29) is 36.2 Å². The minimum Gasteiger partial charge on any atom is -0.340 e. The van der Waals surface area contributed by atoms with E-state index in [9.17, 15) is 17.6 Å². The first-order chi connectivity index (χ1) is 14.4. The third kappa shape index (κ3) is 5.65. The molecule has 162 valence electrons. The van der Waals surface area contributed by atoms with E-state index >= 15 is 0 Å². The Balaban J connectivity index is 1.78. The molecule has 0 bridgehead atoms. The van der Waals surface area contributed by atoms with Crippen molar-refractivity contribution in [3.63, 3.8) is 0 Å². The number of rotatable bonds is 8. The second-order valence-corrected chi connectivity index (χ2v) is 9.45. The third-order valence-corrected chi connectivity index (χ3v) is 7.22. The first kappa shape index (κ1) is 22.4. The Hall–Kier alpha value is -2.29. The van der Waals surface area contributed by atoms with E-state index in [1.54, 1.807) is 4.90 Å². The third-order valence-electron chi connectivity index (χ3n) is 5.34. The molecule has 0 radical (unpaired) electrons. The summed E-state index contributed by atoms with van der Waals surface area (Å²) in [6.07, 6.45) is 0.113. The number of piperazine rings is 1. The fourth-order valence-corrected chi connectivity index (χ4v) is 5.08. The topological polar surface area (TPSA) is 69.7 Å². The molecular formula is C22H28FN3O3S. The van der Waals surface area contributed by atoms with Gasteiger partial charge in [0.1, 0.15) is 5.82 Å². The van der Waals surface area contributed by atoms with Gasteiger partial charge in [0.05, 0.1) is 4.90 Å². The Morgan fingerprint density at radius 2 is 1.73 bits per heavy atom. The second-order valence-electron chi connectivity index (χ2n) is 7.51. The molecule has 1 amide bonds. The molecule has 0 spiro atoms. The zero-order valence-corrected chi connectivity index (χ0v) is 17.9. The highest BCUT2D eigenvalue weighted by Crippen LogP contribution is 2.22. The van der Waals surface area contributed by atoms with E-state index in [1.165, 1.54) is 16.4 Å². The van der Waals surface area contributed by atoms with Gasteiger partial charge >= 0.3 is 0 Å². The van der Waals surface area contributed by atoms with Gasteiger partial charge in [-0.25, -0.2) is 12.8 Å². The summed E-state index contributed by atoms with van der Waals surface area (Å²) in [4.78, 5) is 14.4. The van der Waals surface area contributed by atoms with Crippen molar-refractivity contribution in [3.8, 4) is 0 Å². The highest BCUT2D eigenvalue weighted by atomic mass is 32.2. The van der Waals surface area contributed by atoms with Crippen LogP contribution in [-0.2, 0) is 14.8 Å².